The molecule has 0 fully saturated rings. The quantitative estimate of drug-likeness (QED) is 0.767. The fourth-order valence-corrected chi connectivity index (χ4v) is 2.84. The first-order valence-corrected chi connectivity index (χ1v) is 7.53. The van der Waals surface area contributed by atoms with Crippen LogP contribution in [0.3, 0.4) is 0 Å². The Balaban J connectivity index is 1.72. The average molecular weight is 292 g/mol. The number of nitrogens with one attached hydrogen (secondary N) is 1. The Hall–Kier alpha value is -2.69. The minimum Gasteiger partial charge on any atom is -0.289 e. The van der Waals surface area contributed by atoms with Gasteiger partial charge in [-0.3, -0.25) is 9.78 Å². The first-order valence-electron chi connectivity index (χ1n) is 7.53. The maximum absolute atomic E-state index is 12.1. The first-order chi connectivity index (χ1) is 10.8. The number of H-pyrrole nitrogens is 1. The molecule has 0 atom stereocenters. The van der Waals surface area contributed by atoms with Crippen LogP contribution < -0.4 is 16.3 Å². The Bertz CT molecular complexity index is 999. The molecule has 0 radical (unpaired) electrons. The minimum atomic E-state index is -0.128. The maximum atomic E-state index is 12.1. The third-order valence-corrected chi connectivity index (χ3v) is 3.96. The lowest BCUT2D eigenvalue weighted by Crippen LogP contribution is -2.28. The summed E-state index contributed by atoms with van der Waals surface area (Å²) >= 11 is 0. The van der Waals surface area contributed by atoms with Gasteiger partial charge in [-0.05, 0) is 31.2 Å². The molecule has 0 aliphatic heterocycles. The van der Waals surface area contributed by atoms with Crippen LogP contribution in [0.15, 0.2) is 35.1 Å². The van der Waals surface area contributed by atoms with Crippen LogP contribution in [0.25, 0.3) is 17.9 Å². The average Bonchev–Trinajstić information content (AvgIpc) is 3.10. The predicted octanol–water partition coefficient (Wildman–Crippen LogP) is 0.558. The van der Waals surface area contributed by atoms with Crippen LogP contribution in [-0.4, -0.2) is 19.6 Å². The van der Waals surface area contributed by atoms with E-state index in [9.17, 15) is 4.79 Å². The van der Waals surface area contributed by atoms with Crippen molar-refractivity contribution in [3.05, 3.63) is 62.6 Å². The molecular weight excluding hydrogens is 276 g/mol. The number of aryl methyl sites for hydroxylation is 2. The van der Waals surface area contributed by atoms with Crippen LogP contribution >= 0.6 is 0 Å². The van der Waals surface area contributed by atoms with Gasteiger partial charge in [-0.2, -0.15) is 9.61 Å². The largest absolute Gasteiger partial charge is 0.289 e. The van der Waals surface area contributed by atoms with E-state index in [1.165, 1.54) is 5.56 Å². The number of rotatable bonds is 3. The van der Waals surface area contributed by atoms with Gasteiger partial charge in [-0.1, -0.05) is 42.5 Å². The molecule has 0 bridgehead atoms. The Morgan fingerprint density at radius 2 is 2.14 bits per heavy atom. The van der Waals surface area contributed by atoms with Gasteiger partial charge < -0.3 is 0 Å². The highest BCUT2D eigenvalue weighted by Gasteiger charge is 2.10. The molecule has 5 nitrogen and oxygen atoms in total. The van der Waals surface area contributed by atoms with E-state index in [4.69, 9.17) is 0 Å². The molecule has 0 unspecified atom stereocenters. The molecule has 2 heterocycles. The van der Waals surface area contributed by atoms with Crippen molar-refractivity contribution in [3.8, 4) is 0 Å². The number of nitrogens with zero attached hydrogens (tertiary/aromatic N) is 3. The van der Waals surface area contributed by atoms with Crippen LogP contribution in [0.4, 0.5) is 0 Å². The summed E-state index contributed by atoms with van der Waals surface area (Å²) in [6.45, 7) is 0. The first kappa shape index (κ1) is 13.0. The summed E-state index contributed by atoms with van der Waals surface area (Å²) in [4.78, 5) is 19.4. The highest BCUT2D eigenvalue weighted by molar-refractivity contribution is 5.36. The minimum absolute atomic E-state index is 0.128. The third-order valence-electron chi connectivity index (χ3n) is 3.96. The molecule has 4 rings (SSSR count). The van der Waals surface area contributed by atoms with Gasteiger partial charge in [0.1, 0.15) is 5.35 Å². The van der Waals surface area contributed by atoms with Gasteiger partial charge in [0.2, 0.25) is 5.78 Å². The van der Waals surface area contributed by atoms with Crippen molar-refractivity contribution in [2.24, 2.45) is 0 Å². The second-order valence-electron chi connectivity index (χ2n) is 5.49. The summed E-state index contributed by atoms with van der Waals surface area (Å²) < 4.78 is 1.64. The highest BCUT2D eigenvalue weighted by Crippen LogP contribution is 2.03. The summed E-state index contributed by atoms with van der Waals surface area (Å²) in [5.74, 6) is 0.521. The Kier molecular flexibility index (Phi) is 3.11. The van der Waals surface area contributed by atoms with E-state index in [0.29, 0.717) is 11.1 Å². The number of imidazole rings is 1. The molecule has 0 saturated heterocycles. The summed E-state index contributed by atoms with van der Waals surface area (Å²) in [7, 11) is 0. The van der Waals surface area contributed by atoms with Crippen molar-refractivity contribution in [1.82, 2.24) is 19.6 Å². The molecule has 0 amide bonds. The van der Waals surface area contributed by atoms with Crippen molar-refractivity contribution in [2.75, 3.05) is 0 Å². The number of benzene rings is 1. The van der Waals surface area contributed by atoms with E-state index in [2.05, 4.69) is 33.3 Å². The van der Waals surface area contributed by atoms with Crippen LogP contribution in [0.2, 0.25) is 0 Å². The molecule has 22 heavy (non-hydrogen) atoms. The van der Waals surface area contributed by atoms with Crippen molar-refractivity contribution < 1.29 is 0 Å². The molecule has 110 valence electrons. The Morgan fingerprint density at radius 1 is 1.27 bits per heavy atom. The van der Waals surface area contributed by atoms with E-state index >= 15 is 0 Å². The highest BCUT2D eigenvalue weighted by atomic mass is 16.1. The molecule has 1 aliphatic carbocycles. The second kappa shape index (κ2) is 5.26. The number of hydrogen-bond acceptors (Lipinski definition) is 3. The number of hydrogen-bond donors (Lipinski definition) is 1. The van der Waals surface area contributed by atoms with Gasteiger partial charge in [0.25, 0.3) is 5.56 Å². The van der Waals surface area contributed by atoms with E-state index < -0.39 is 0 Å². The van der Waals surface area contributed by atoms with Crippen molar-refractivity contribution >= 4 is 17.9 Å². The summed E-state index contributed by atoms with van der Waals surface area (Å²) in [6.07, 6.45) is 7.57. The molecule has 1 aromatic carbocycles. The Labute approximate surface area is 126 Å². The van der Waals surface area contributed by atoms with E-state index in [1.54, 1.807) is 4.52 Å². The smallest absolute Gasteiger partial charge is 0.276 e. The standard InChI is InChI=1S/C17H16N4O/c22-16-15(11-4-8-12-6-2-1-3-7-12)21-17(19-16)18-13-9-5-10-14(13)20-21/h1-3,6-7,9,11H,4-5,8,10H2,(H,18,19,22)/b15-11+. The lowest BCUT2D eigenvalue weighted by molar-refractivity contribution is 0.806. The zero-order chi connectivity index (χ0) is 14.9. The van der Waals surface area contributed by atoms with Gasteiger partial charge in [0.05, 0.1) is 11.0 Å². The fourth-order valence-electron chi connectivity index (χ4n) is 2.84. The normalized spacial score (nSPS) is 14.3. The summed E-state index contributed by atoms with van der Waals surface area (Å²) in [6, 6.07) is 10.2. The molecule has 2 aromatic heterocycles. The molecule has 0 saturated carbocycles. The zero-order valence-corrected chi connectivity index (χ0v) is 12.1. The van der Waals surface area contributed by atoms with Crippen LogP contribution in [0, 0.1) is 0 Å². The Morgan fingerprint density at radius 3 is 3.00 bits per heavy atom. The topological polar surface area (TPSA) is 63.0 Å². The van der Waals surface area contributed by atoms with Crippen molar-refractivity contribution in [3.63, 3.8) is 0 Å². The summed E-state index contributed by atoms with van der Waals surface area (Å²) in [5.41, 5.74) is 2.10. The molecule has 5 heteroatoms. The number of aromatic nitrogens is 4. The molecule has 1 N–H and O–H groups in total. The van der Waals surface area contributed by atoms with Gasteiger partial charge in [-0.15, -0.1) is 0 Å². The summed E-state index contributed by atoms with van der Waals surface area (Å²) in [5, 5.41) is 6.04. The number of fused-ring (bicyclic) bond motifs is 2. The monoisotopic (exact) mass is 292 g/mol. The second-order valence-corrected chi connectivity index (χ2v) is 5.49. The zero-order valence-electron chi connectivity index (χ0n) is 12.1. The molecule has 0 spiro atoms. The van der Waals surface area contributed by atoms with E-state index in [-0.39, 0.29) is 5.56 Å². The predicted molar refractivity (Wildman–Crippen MR) is 84.9 cm³/mol. The van der Waals surface area contributed by atoms with Gasteiger partial charge in [-0.25, -0.2) is 4.98 Å². The molecular formula is C17H16N4O. The SMILES string of the molecule is O=c1[nH]c2nc3c(nn2/c1=C/CCc1ccccc1)CCC=3. The van der Waals surface area contributed by atoms with E-state index in [0.717, 1.165) is 36.7 Å². The van der Waals surface area contributed by atoms with E-state index in [1.807, 2.05) is 24.3 Å². The fraction of sp³-hybridized carbons (Fsp3) is 0.235. The van der Waals surface area contributed by atoms with Crippen LogP contribution in [0.1, 0.15) is 24.1 Å². The lowest BCUT2D eigenvalue weighted by atomic mass is 10.1. The molecule has 3 aromatic rings. The van der Waals surface area contributed by atoms with Gasteiger partial charge in [0, 0.05) is 0 Å². The number of aromatic amines is 1. The third kappa shape index (κ3) is 2.24. The maximum Gasteiger partial charge on any atom is 0.276 e. The van der Waals surface area contributed by atoms with Gasteiger partial charge >= 0.3 is 0 Å². The van der Waals surface area contributed by atoms with Crippen LogP contribution in [0.5, 0.6) is 0 Å². The van der Waals surface area contributed by atoms with Gasteiger partial charge in [0.15, 0.2) is 0 Å². The van der Waals surface area contributed by atoms with Crippen molar-refractivity contribution in [1.29, 1.82) is 0 Å². The van der Waals surface area contributed by atoms with Crippen molar-refractivity contribution in [2.45, 2.75) is 25.7 Å². The van der Waals surface area contributed by atoms with Crippen LogP contribution in [-0.2, 0) is 12.8 Å². The lowest BCUT2D eigenvalue weighted by Gasteiger charge is -1.97. The molecule has 1 aliphatic rings.